The third-order valence-electron chi connectivity index (χ3n) is 2.83. The van der Waals surface area contributed by atoms with Gasteiger partial charge in [-0.05, 0) is 24.3 Å². The van der Waals surface area contributed by atoms with Crippen LogP contribution >= 0.6 is 23.2 Å². The zero-order valence-electron chi connectivity index (χ0n) is 11.5. The Morgan fingerprint density at radius 3 is 2.30 bits per heavy atom. The summed E-state index contributed by atoms with van der Waals surface area (Å²) in [4.78, 5) is 11.9. The number of sulfone groups is 1. The van der Waals surface area contributed by atoms with Crippen molar-refractivity contribution >= 4 is 44.6 Å². The second kappa shape index (κ2) is 6.43. The van der Waals surface area contributed by atoms with Crippen LogP contribution in [-0.4, -0.2) is 20.6 Å². The van der Waals surface area contributed by atoms with Crippen molar-refractivity contribution in [2.45, 2.75) is 4.90 Å². The molecule has 2 rings (SSSR count). The van der Waals surface area contributed by atoms with Crippen LogP contribution in [0, 0.1) is 11.6 Å². The Morgan fingerprint density at radius 2 is 1.74 bits per heavy atom. The molecule has 9 heteroatoms. The van der Waals surface area contributed by atoms with Crippen molar-refractivity contribution in [3.63, 3.8) is 0 Å². The molecular formula is C14H9Cl2F2NO3S. The lowest BCUT2D eigenvalue weighted by molar-refractivity contribution is 0.102. The second-order valence-electron chi connectivity index (χ2n) is 4.63. The molecule has 122 valence electrons. The summed E-state index contributed by atoms with van der Waals surface area (Å²) in [5.41, 5.74) is -0.0922. The highest BCUT2D eigenvalue weighted by molar-refractivity contribution is 7.90. The maximum atomic E-state index is 13.3. The molecule has 0 aliphatic carbocycles. The highest BCUT2D eigenvalue weighted by atomic mass is 35.5. The third-order valence-corrected chi connectivity index (χ3v) is 4.69. The quantitative estimate of drug-likeness (QED) is 0.821. The molecule has 0 unspecified atom stereocenters. The molecule has 0 saturated heterocycles. The van der Waals surface area contributed by atoms with Gasteiger partial charge in [0.15, 0.2) is 21.5 Å². The van der Waals surface area contributed by atoms with Crippen LogP contribution in [0.15, 0.2) is 35.2 Å². The van der Waals surface area contributed by atoms with Crippen molar-refractivity contribution in [3.05, 3.63) is 57.6 Å². The first-order valence-electron chi connectivity index (χ1n) is 6.05. The van der Waals surface area contributed by atoms with E-state index in [1.165, 1.54) is 12.1 Å². The molecule has 0 radical (unpaired) electrons. The minimum absolute atomic E-state index is 0.0179. The smallest absolute Gasteiger partial charge is 0.255 e. The molecule has 0 heterocycles. The fraction of sp³-hybridized carbons (Fsp3) is 0.0714. The number of anilines is 1. The van der Waals surface area contributed by atoms with E-state index in [9.17, 15) is 22.0 Å². The lowest BCUT2D eigenvalue weighted by atomic mass is 10.2. The fourth-order valence-corrected chi connectivity index (χ4v) is 3.27. The van der Waals surface area contributed by atoms with Crippen molar-refractivity contribution in [3.8, 4) is 0 Å². The van der Waals surface area contributed by atoms with Crippen molar-refractivity contribution in [1.29, 1.82) is 0 Å². The van der Waals surface area contributed by atoms with Crippen molar-refractivity contribution in [2.75, 3.05) is 11.6 Å². The van der Waals surface area contributed by atoms with Gasteiger partial charge < -0.3 is 5.32 Å². The highest BCUT2D eigenvalue weighted by Gasteiger charge is 2.17. The largest absolute Gasteiger partial charge is 0.322 e. The molecule has 2 aromatic carbocycles. The molecule has 0 aliphatic rings. The van der Waals surface area contributed by atoms with Gasteiger partial charge in [0.1, 0.15) is 0 Å². The maximum Gasteiger partial charge on any atom is 0.255 e. The van der Waals surface area contributed by atoms with Gasteiger partial charge in [0.25, 0.3) is 5.91 Å². The van der Waals surface area contributed by atoms with Crippen molar-refractivity contribution in [2.24, 2.45) is 0 Å². The Labute approximate surface area is 140 Å². The van der Waals surface area contributed by atoms with Gasteiger partial charge in [0, 0.05) is 23.6 Å². The van der Waals surface area contributed by atoms with Crippen molar-refractivity contribution < 1.29 is 22.0 Å². The van der Waals surface area contributed by atoms with Gasteiger partial charge in [-0.3, -0.25) is 4.79 Å². The van der Waals surface area contributed by atoms with Crippen molar-refractivity contribution in [1.82, 2.24) is 0 Å². The predicted octanol–water partition coefficient (Wildman–Crippen LogP) is 3.93. The van der Waals surface area contributed by atoms with Crippen LogP contribution in [0.25, 0.3) is 0 Å². The van der Waals surface area contributed by atoms with Gasteiger partial charge in [-0.15, -0.1) is 0 Å². The van der Waals surface area contributed by atoms with E-state index < -0.39 is 32.4 Å². The lowest BCUT2D eigenvalue weighted by Gasteiger charge is -2.09. The fourth-order valence-electron chi connectivity index (χ4n) is 1.76. The number of benzene rings is 2. The van der Waals surface area contributed by atoms with Gasteiger partial charge in [0.2, 0.25) is 0 Å². The van der Waals surface area contributed by atoms with E-state index in [1.807, 2.05) is 0 Å². The molecule has 0 fully saturated rings. The summed E-state index contributed by atoms with van der Waals surface area (Å²) in [6, 6.07) is 5.44. The summed E-state index contributed by atoms with van der Waals surface area (Å²) in [7, 11) is -3.62. The molecule has 4 nitrogen and oxygen atoms in total. The summed E-state index contributed by atoms with van der Waals surface area (Å²) < 4.78 is 49.5. The molecule has 2 aromatic rings. The SMILES string of the molecule is CS(=O)(=O)c1cc(C(=O)Nc2cc(F)c(F)c(Cl)c2)ccc1Cl. The zero-order valence-corrected chi connectivity index (χ0v) is 13.9. The Bertz CT molecular complexity index is 878. The molecule has 0 aromatic heterocycles. The van der Waals surface area contributed by atoms with Crippen LogP contribution in [0.3, 0.4) is 0 Å². The van der Waals surface area contributed by atoms with Crippen LogP contribution in [-0.2, 0) is 9.84 Å². The van der Waals surface area contributed by atoms with Gasteiger partial charge in [-0.25, -0.2) is 17.2 Å². The van der Waals surface area contributed by atoms with Gasteiger partial charge in [0.05, 0.1) is 14.9 Å². The van der Waals surface area contributed by atoms with Crippen LogP contribution in [0.5, 0.6) is 0 Å². The molecule has 1 amide bonds. The van der Waals surface area contributed by atoms with E-state index in [-0.39, 0.29) is 21.2 Å². The van der Waals surface area contributed by atoms with E-state index in [0.717, 1.165) is 24.5 Å². The first-order chi connectivity index (χ1) is 10.6. The van der Waals surface area contributed by atoms with E-state index in [4.69, 9.17) is 23.2 Å². The van der Waals surface area contributed by atoms with E-state index in [2.05, 4.69) is 5.32 Å². The minimum atomic E-state index is -3.62. The number of hydrogen-bond donors (Lipinski definition) is 1. The number of nitrogens with one attached hydrogen (secondary N) is 1. The summed E-state index contributed by atoms with van der Waals surface area (Å²) in [6.45, 7) is 0. The topological polar surface area (TPSA) is 63.2 Å². The van der Waals surface area contributed by atoms with Crippen LogP contribution in [0.4, 0.5) is 14.5 Å². The normalized spacial score (nSPS) is 11.3. The van der Waals surface area contributed by atoms with Gasteiger partial charge in [-0.1, -0.05) is 23.2 Å². The number of amides is 1. The lowest BCUT2D eigenvalue weighted by Crippen LogP contribution is -2.13. The zero-order chi connectivity index (χ0) is 17.4. The number of rotatable bonds is 3. The van der Waals surface area contributed by atoms with Gasteiger partial charge in [-0.2, -0.15) is 0 Å². The molecule has 0 spiro atoms. The Balaban J connectivity index is 2.35. The Kier molecular flexibility index (Phi) is 4.93. The number of halogens is 4. The minimum Gasteiger partial charge on any atom is -0.322 e. The van der Waals surface area contributed by atoms with Gasteiger partial charge >= 0.3 is 0 Å². The molecule has 1 N–H and O–H groups in total. The molecule has 0 bridgehead atoms. The molecular weight excluding hydrogens is 371 g/mol. The first kappa shape index (κ1) is 17.7. The van der Waals surface area contributed by atoms with Crippen LogP contribution in [0.2, 0.25) is 10.0 Å². The highest BCUT2D eigenvalue weighted by Crippen LogP contribution is 2.25. The summed E-state index contributed by atoms with van der Waals surface area (Å²) in [5, 5.41) is 1.78. The molecule has 0 atom stereocenters. The average Bonchev–Trinajstić information content (AvgIpc) is 2.43. The van der Waals surface area contributed by atoms with E-state index in [0.29, 0.717) is 0 Å². The summed E-state index contributed by atoms with van der Waals surface area (Å²) in [5.74, 6) is -3.18. The standard InChI is InChI=1S/C14H9Cl2F2NO3S/c1-23(21,22)12-4-7(2-3-9(12)15)14(20)19-8-5-10(16)13(18)11(17)6-8/h2-6H,1H3,(H,19,20). The predicted molar refractivity (Wildman–Crippen MR) is 83.9 cm³/mol. The van der Waals surface area contributed by atoms with Crippen LogP contribution < -0.4 is 5.32 Å². The number of carbonyl (C=O) groups is 1. The third kappa shape index (κ3) is 3.99. The number of hydrogen-bond acceptors (Lipinski definition) is 3. The molecule has 23 heavy (non-hydrogen) atoms. The van der Waals surface area contributed by atoms with E-state index >= 15 is 0 Å². The Hall–Kier alpha value is -1.70. The second-order valence-corrected chi connectivity index (χ2v) is 7.42. The summed E-state index contributed by atoms with van der Waals surface area (Å²) >= 11 is 11.3. The molecule has 0 aliphatic heterocycles. The average molecular weight is 380 g/mol. The summed E-state index contributed by atoms with van der Waals surface area (Å²) in [6.07, 6.45) is 0.949. The maximum absolute atomic E-state index is 13.3. The molecule has 0 saturated carbocycles. The Morgan fingerprint density at radius 1 is 1.09 bits per heavy atom. The van der Waals surface area contributed by atoms with Crippen LogP contribution in [0.1, 0.15) is 10.4 Å². The van der Waals surface area contributed by atoms with E-state index in [1.54, 1.807) is 0 Å². The number of carbonyl (C=O) groups excluding carboxylic acids is 1. The monoisotopic (exact) mass is 379 g/mol. The first-order valence-corrected chi connectivity index (χ1v) is 8.70.